The molecule has 9 heteroatoms. The molecular weight excluding hydrogens is 394 g/mol. The molecule has 0 radical (unpaired) electrons. The van der Waals surface area contributed by atoms with E-state index in [-0.39, 0.29) is 36.5 Å². The molecule has 0 aliphatic heterocycles. The van der Waals surface area contributed by atoms with E-state index in [9.17, 15) is 14.4 Å². The lowest BCUT2D eigenvalue weighted by Crippen LogP contribution is -2.44. The first-order chi connectivity index (χ1) is 13.8. The van der Waals surface area contributed by atoms with Gasteiger partial charge in [-0.05, 0) is 31.9 Å². The summed E-state index contributed by atoms with van der Waals surface area (Å²) >= 11 is 6.21. The van der Waals surface area contributed by atoms with E-state index in [4.69, 9.17) is 17.3 Å². The zero-order chi connectivity index (χ0) is 21.6. The minimum atomic E-state index is -0.672. The predicted molar refractivity (Wildman–Crippen MR) is 117 cm³/mol. The Morgan fingerprint density at radius 3 is 2.62 bits per heavy atom. The van der Waals surface area contributed by atoms with E-state index in [1.54, 1.807) is 13.0 Å². The molecule has 2 aromatic rings. The summed E-state index contributed by atoms with van der Waals surface area (Å²) in [5.74, 6) is -0.328. The molecule has 158 valence electrons. The van der Waals surface area contributed by atoms with Gasteiger partial charge in [0.1, 0.15) is 5.82 Å². The van der Waals surface area contributed by atoms with E-state index in [1.807, 2.05) is 32.0 Å². The standard InChI is InChI=1S/C20H28ClN5O3/c1-4-6-11-26-18(22)17(19(28)24-20(26)29)25(5-2)16(27)12-23-13(3)14-9-7-8-10-15(14)21/h7-10,13,23H,4-6,11-12,22H2,1-3H3,(H,24,28,29)/t13-/m0/s1. The Kier molecular flexibility index (Phi) is 8.04. The second kappa shape index (κ2) is 10.3. The molecule has 0 spiro atoms. The minimum absolute atomic E-state index is 0.000370. The van der Waals surface area contributed by atoms with E-state index in [0.717, 1.165) is 18.4 Å². The molecular formula is C20H28ClN5O3. The van der Waals surface area contributed by atoms with Crippen LogP contribution < -0.4 is 27.2 Å². The minimum Gasteiger partial charge on any atom is -0.383 e. The number of amides is 1. The summed E-state index contributed by atoms with van der Waals surface area (Å²) in [6.07, 6.45) is 1.59. The zero-order valence-corrected chi connectivity index (χ0v) is 17.8. The van der Waals surface area contributed by atoms with Crippen LogP contribution >= 0.6 is 11.6 Å². The molecule has 0 saturated heterocycles. The number of nitrogens with two attached hydrogens (primary N) is 1. The maximum atomic E-state index is 12.8. The van der Waals surface area contributed by atoms with Gasteiger partial charge in [0.25, 0.3) is 5.56 Å². The lowest BCUT2D eigenvalue weighted by atomic mass is 10.1. The number of rotatable bonds is 9. The number of anilines is 2. The summed E-state index contributed by atoms with van der Waals surface area (Å²) in [6, 6.07) is 7.22. The number of H-pyrrole nitrogens is 1. The molecule has 8 nitrogen and oxygen atoms in total. The Labute approximate surface area is 174 Å². The van der Waals surface area contributed by atoms with Gasteiger partial charge in [-0.2, -0.15) is 0 Å². The summed E-state index contributed by atoms with van der Waals surface area (Å²) in [5, 5.41) is 3.73. The van der Waals surface area contributed by atoms with Crippen molar-refractivity contribution in [3.63, 3.8) is 0 Å². The topological polar surface area (TPSA) is 113 Å². The summed E-state index contributed by atoms with van der Waals surface area (Å²) in [6.45, 7) is 6.22. The Morgan fingerprint density at radius 2 is 2.00 bits per heavy atom. The third kappa shape index (κ3) is 5.27. The Hall–Kier alpha value is -2.58. The number of halogens is 1. The lowest BCUT2D eigenvalue weighted by molar-refractivity contribution is -0.117. The van der Waals surface area contributed by atoms with Crippen LogP contribution in [0.5, 0.6) is 0 Å². The van der Waals surface area contributed by atoms with Gasteiger partial charge in [-0.1, -0.05) is 43.1 Å². The first kappa shape index (κ1) is 22.7. The number of nitrogens with one attached hydrogen (secondary N) is 2. The van der Waals surface area contributed by atoms with Gasteiger partial charge < -0.3 is 16.0 Å². The first-order valence-electron chi connectivity index (χ1n) is 9.72. The molecule has 1 atom stereocenters. The molecule has 0 aliphatic rings. The third-order valence-electron chi connectivity index (χ3n) is 4.77. The van der Waals surface area contributed by atoms with Crippen molar-refractivity contribution in [2.24, 2.45) is 0 Å². The number of hydrogen-bond acceptors (Lipinski definition) is 5. The highest BCUT2D eigenvalue weighted by atomic mass is 35.5. The Balaban J connectivity index is 2.24. The fourth-order valence-electron chi connectivity index (χ4n) is 3.11. The van der Waals surface area contributed by atoms with Crippen LogP contribution in [-0.4, -0.2) is 28.5 Å². The third-order valence-corrected chi connectivity index (χ3v) is 5.11. The number of unbranched alkanes of at least 4 members (excludes halogenated alkanes) is 1. The monoisotopic (exact) mass is 421 g/mol. The van der Waals surface area contributed by atoms with Gasteiger partial charge in [-0.3, -0.25) is 19.1 Å². The highest BCUT2D eigenvalue weighted by Crippen LogP contribution is 2.22. The van der Waals surface area contributed by atoms with Crippen LogP contribution in [0.15, 0.2) is 33.9 Å². The van der Waals surface area contributed by atoms with Crippen LogP contribution in [0.4, 0.5) is 11.5 Å². The van der Waals surface area contributed by atoms with Crippen molar-refractivity contribution in [2.75, 3.05) is 23.7 Å². The molecule has 0 bridgehead atoms. The molecule has 1 aromatic heterocycles. The van der Waals surface area contributed by atoms with Crippen LogP contribution in [0, 0.1) is 0 Å². The summed E-state index contributed by atoms with van der Waals surface area (Å²) in [5.41, 5.74) is 5.75. The van der Waals surface area contributed by atoms with Crippen molar-refractivity contribution in [3.8, 4) is 0 Å². The average molecular weight is 422 g/mol. The Morgan fingerprint density at radius 1 is 1.31 bits per heavy atom. The zero-order valence-electron chi connectivity index (χ0n) is 17.0. The quantitative estimate of drug-likeness (QED) is 0.574. The number of nitrogen functional groups attached to an aromatic ring is 1. The number of carbonyl (C=O) groups is 1. The number of hydrogen-bond donors (Lipinski definition) is 3. The number of aromatic amines is 1. The lowest BCUT2D eigenvalue weighted by Gasteiger charge is -2.24. The van der Waals surface area contributed by atoms with E-state index < -0.39 is 11.2 Å². The maximum Gasteiger partial charge on any atom is 0.330 e. The van der Waals surface area contributed by atoms with Gasteiger partial charge >= 0.3 is 5.69 Å². The second-order valence-corrected chi connectivity index (χ2v) is 7.17. The van der Waals surface area contributed by atoms with Crippen molar-refractivity contribution < 1.29 is 4.79 Å². The number of nitrogens with zero attached hydrogens (tertiary/aromatic N) is 2. The van der Waals surface area contributed by atoms with Crippen molar-refractivity contribution in [1.29, 1.82) is 0 Å². The van der Waals surface area contributed by atoms with Crippen LogP contribution in [0.25, 0.3) is 0 Å². The van der Waals surface area contributed by atoms with E-state index in [1.165, 1.54) is 9.47 Å². The molecule has 0 saturated carbocycles. The molecule has 0 unspecified atom stereocenters. The van der Waals surface area contributed by atoms with Crippen LogP contribution in [0.2, 0.25) is 5.02 Å². The fraction of sp³-hybridized carbons (Fsp3) is 0.450. The molecule has 1 heterocycles. The van der Waals surface area contributed by atoms with Crippen molar-refractivity contribution in [2.45, 2.75) is 46.2 Å². The number of likely N-dealkylation sites (N-methyl/N-ethyl adjacent to an activating group) is 1. The Bertz CT molecular complexity index is 969. The molecule has 1 amide bonds. The van der Waals surface area contributed by atoms with Crippen LogP contribution in [-0.2, 0) is 11.3 Å². The van der Waals surface area contributed by atoms with E-state index >= 15 is 0 Å². The molecule has 29 heavy (non-hydrogen) atoms. The van der Waals surface area contributed by atoms with Gasteiger partial charge in [0, 0.05) is 24.2 Å². The van der Waals surface area contributed by atoms with Crippen molar-refractivity contribution >= 4 is 29.0 Å². The summed E-state index contributed by atoms with van der Waals surface area (Å²) in [4.78, 5) is 40.9. The van der Waals surface area contributed by atoms with Gasteiger partial charge in [-0.15, -0.1) is 0 Å². The van der Waals surface area contributed by atoms with E-state index in [0.29, 0.717) is 11.6 Å². The normalized spacial score (nSPS) is 12.0. The first-order valence-corrected chi connectivity index (χ1v) is 10.1. The molecule has 0 aliphatic carbocycles. The van der Waals surface area contributed by atoms with Crippen LogP contribution in [0.1, 0.15) is 45.2 Å². The molecule has 4 N–H and O–H groups in total. The van der Waals surface area contributed by atoms with Gasteiger partial charge in [0.2, 0.25) is 5.91 Å². The van der Waals surface area contributed by atoms with Gasteiger partial charge in [0.05, 0.1) is 6.54 Å². The SMILES string of the molecule is CCCCn1c(N)c(N(CC)C(=O)CN[C@@H](C)c2ccccc2Cl)c(=O)[nH]c1=O. The number of carbonyl (C=O) groups excluding carboxylic acids is 1. The fourth-order valence-corrected chi connectivity index (χ4v) is 3.41. The van der Waals surface area contributed by atoms with Gasteiger partial charge in [-0.25, -0.2) is 4.79 Å². The summed E-state index contributed by atoms with van der Waals surface area (Å²) < 4.78 is 1.30. The molecule has 1 aromatic carbocycles. The van der Waals surface area contributed by atoms with Gasteiger partial charge in [0.15, 0.2) is 5.69 Å². The molecule has 2 rings (SSSR count). The number of benzene rings is 1. The van der Waals surface area contributed by atoms with E-state index in [2.05, 4.69) is 10.3 Å². The number of aromatic nitrogens is 2. The average Bonchev–Trinajstić information content (AvgIpc) is 2.69. The molecule has 0 fully saturated rings. The summed E-state index contributed by atoms with van der Waals surface area (Å²) in [7, 11) is 0. The van der Waals surface area contributed by atoms with Crippen molar-refractivity contribution in [3.05, 3.63) is 55.7 Å². The predicted octanol–water partition coefficient (Wildman–Crippen LogP) is 2.28. The maximum absolute atomic E-state index is 12.8. The highest BCUT2D eigenvalue weighted by molar-refractivity contribution is 6.31. The highest BCUT2D eigenvalue weighted by Gasteiger charge is 2.23. The van der Waals surface area contributed by atoms with Crippen molar-refractivity contribution in [1.82, 2.24) is 14.9 Å². The smallest absolute Gasteiger partial charge is 0.330 e. The van der Waals surface area contributed by atoms with Crippen LogP contribution in [0.3, 0.4) is 0 Å². The largest absolute Gasteiger partial charge is 0.383 e. The second-order valence-electron chi connectivity index (χ2n) is 6.76.